The molecule has 0 atom stereocenters. The van der Waals surface area contributed by atoms with Gasteiger partial charge in [0, 0.05) is 30.2 Å². The van der Waals surface area contributed by atoms with E-state index in [9.17, 15) is 13.6 Å². The number of halogens is 2. The summed E-state index contributed by atoms with van der Waals surface area (Å²) in [6, 6.07) is 6.11. The molecule has 0 aliphatic heterocycles. The van der Waals surface area contributed by atoms with Gasteiger partial charge in [0.05, 0.1) is 16.9 Å². The Labute approximate surface area is 130 Å². The predicted octanol–water partition coefficient (Wildman–Crippen LogP) is 3.07. The summed E-state index contributed by atoms with van der Waals surface area (Å²) in [5, 5.41) is 2.37. The van der Waals surface area contributed by atoms with Crippen LogP contribution in [0.1, 0.15) is 10.4 Å². The molecule has 114 valence electrons. The third kappa shape index (κ3) is 3.34. The van der Waals surface area contributed by atoms with Crippen LogP contribution in [-0.2, 0) is 0 Å². The van der Waals surface area contributed by atoms with Gasteiger partial charge in [-0.05, 0) is 24.3 Å². The topological polar surface area (TPSA) is 67.8 Å². The van der Waals surface area contributed by atoms with E-state index in [-0.39, 0.29) is 11.3 Å². The first-order chi connectivity index (χ1) is 11.1. The number of rotatable bonds is 3. The fraction of sp³-hybridized carbons (Fsp3) is 0. The van der Waals surface area contributed by atoms with Gasteiger partial charge in [-0.25, -0.2) is 18.7 Å². The van der Waals surface area contributed by atoms with Gasteiger partial charge >= 0.3 is 0 Å². The van der Waals surface area contributed by atoms with Crippen molar-refractivity contribution in [1.29, 1.82) is 0 Å². The van der Waals surface area contributed by atoms with Crippen molar-refractivity contribution < 1.29 is 13.6 Å². The van der Waals surface area contributed by atoms with Crippen molar-refractivity contribution in [2.75, 3.05) is 5.32 Å². The summed E-state index contributed by atoms with van der Waals surface area (Å²) >= 11 is 0. The maximum atomic E-state index is 13.5. The van der Waals surface area contributed by atoms with Crippen LogP contribution in [0.25, 0.3) is 11.3 Å². The minimum absolute atomic E-state index is 0.100. The third-order valence-corrected chi connectivity index (χ3v) is 3.06. The molecular formula is C16H10F2N4O. The smallest absolute Gasteiger partial charge is 0.257 e. The largest absolute Gasteiger partial charge is 0.319 e. The second-order valence-electron chi connectivity index (χ2n) is 4.64. The number of benzene rings is 1. The van der Waals surface area contributed by atoms with Crippen molar-refractivity contribution in [2.45, 2.75) is 0 Å². The van der Waals surface area contributed by atoms with Gasteiger partial charge in [-0.15, -0.1) is 0 Å². The molecule has 0 saturated carbocycles. The summed E-state index contributed by atoms with van der Waals surface area (Å²) in [6.45, 7) is 0. The van der Waals surface area contributed by atoms with E-state index in [2.05, 4.69) is 20.3 Å². The van der Waals surface area contributed by atoms with Crippen LogP contribution >= 0.6 is 0 Å². The number of hydrogen-bond donors (Lipinski definition) is 1. The molecule has 23 heavy (non-hydrogen) atoms. The second kappa shape index (κ2) is 6.27. The Morgan fingerprint density at radius 2 is 1.78 bits per heavy atom. The van der Waals surface area contributed by atoms with E-state index in [0.717, 1.165) is 12.1 Å². The van der Waals surface area contributed by atoms with Crippen LogP contribution in [0.5, 0.6) is 0 Å². The number of amides is 1. The molecule has 5 nitrogen and oxygen atoms in total. The normalized spacial score (nSPS) is 10.3. The fourth-order valence-electron chi connectivity index (χ4n) is 1.92. The van der Waals surface area contributed by atoms with Crippen LogP contribution < -0.4 is 5.32 Å². The molecule has 0 fully saturated rings. The summed E-state index contributed by atoms with van der Waals surface area (Å²) in [7, 11) is 0. The van der Waals surface area contributed by atoms with Gasteiger partial charge in [-0.3, -0.25) is 9.78 Å². The SMILES string of the molecule is O=C(Nc1ccc(F)cc1F)c1ccc(-c2cncnc2)nc1. The Morgan fingerprint density at radius 3 is 2.43 bits per heavy atom. The number of anilines is 1. The highest BCUT2D eigenvalue weighted by atomic mass is 19.1. The lowest BCUT2D eigenvalue weighted by molar-refractivity contribution is 0.102. The van der Waals surface area contributed by atoms with Crippen molar-refractivity contribution >= 4 is 11.6 Å². The van der Waals surface area contributed by atoms with Crippen LogP contribution in [0.3, 0.4) is 0 Å². The fourth-order valence-corrected chi connectivity index (χ4v) is 1.92. The van der Waals surface area contributed by atoms with Gasteiger partial charge in [0.15, 0.2) is 0 Å². The number of nitrogens with zero attached hydrogens (tertiary/aromatic N) is 3. The number of nitrogens with one attached hydrogen (secondary N) is 1. The van der Waals surface area contributed by atoms with Crippen LogP contribution in [0.15, 0.2) is 55.2 Å². The Morgan fingerprint density at radius 1 is 1.00 bits per heavy atom. The lowest BCUT2D eigenvalue weighted by atomic mass is 10.2. The van der Waals surface area contributed by atoms with Crippen LogP contribution in [-0.4, -0.2) is 20.9 Å². The van der Waals surface area contributed by atoms with E-state index in [1.54, 1.807) is 24.5 Å². The molecule has 3 rings (SSSR count). The molecule has 0 unspecified atom stereocenters. The summed E-state index contributed by atoms with van der Waals surface area (Å²) in [5.41, 5.74) is 1.46. The monoisotopic (exact) mass is 312 g/mol. The highest BCUT2D eigenvalue weighted by molar-refractivity contribution is 6.04. The number of hydrogen-bond acceptors (Lipinski definition) is 4. The molecule has 0 aliphatic rings. The van der Waals surface area contributed by atoms with E-state index >= 15 is 0 Å². The average Bonchev–Trinajstić information content (AvgIpc) is 2.58. The van der Waals surface area contributed by atoms with Crippen molar-refractivity contribution in [2.24, 2.45) is 0 Å². The standard InChI is InChI=1S/C16H10F2N4O/c17-12-2-4-15(13(18)5-12)22-16(23)10-1-3-14(21-8-10)11-6-19-9-20-7-11/h1-9H,(H,22,23). The molecule has 0 saturated heterocycles. The van der Waals surface area contributed by atoms with Gasteiger partial charge in [0.25, 0.3) is 5.91 Å². The Bertz CT molecular complexity index is 838. The molecule has 3 aromatic rings. The van der Waals surface area contributed by atoms with Gasteiger partial charge in [0.2, 0.25) is 0 Å². The minimum atomic E-state index is -0.843. The van der Waals surface area contributed by atoms with Crippen molar-refractivity contribution in [3.63, 3.8) is 0 Å². The van der Waals surface area contributed by atoms with Crippen LogP contribution in [0.4, 0.5) is 14.5 Å². The zero-order valence-corrected chi connectivity index (χ0v) is 11.7. The van der Waals surface area contributed by atoms with E-state index in [0.29, 0.717) is 17.3 Å². The molecule has 1 N–H and O–H groups in total. The van der Waals surface area contributed by atoms with E-state index in [4.69, 9.17) is 0 Å². The lowest BCUT2D eigenvalue weighted by Crippen LogP contribution is -2.13. The molecular weight excluding hydrogens is 302 g/mol. The Hall–Kier alpha value is -3.22. The Balaban J connectivity index is 1.78. The van der Waals surface area contributed by atoms with Gasteiger partial charge in [-0.2, -0.15) is 0 Å². The van der Waals surface area contributed by atoms with E-state index < -0.39 is 17.5 Å². The third-order valence-electron chi connectivity index (χ3n) is 3.06. The summed E-state index contributed by atoms with van der Waals surface area (Å²) in [4.78, 5) is 24.0. The zero-order chi connectivity index (χ0) is 16.2. The van der Waals surface area contributed by atoms with Crippen LogP contribution in [0, 0.1) is 11.6 Å². The highest BCUT2D eigenvalue weighted by Gasteiger charge is 2.11. The maximum absolute atomic E-state index is 13.5. The molecule has 1 amide bonds. The summed E-state index contributed by atoms with van der Waals surface area (Å²) < 4.78 is 26.4. The van der Waals surface area contributed by atoms with Crippen molar-refractivity contribution in [3.8, 4) is 11.3 Å². The molecule has 1 aromatic carbocycles. The minimum Gasteiger partial charge on any atom is -0.319 e. The first-order valence-corrected chi connectivity index (χ1v) is 6.61. The van der Waals surface area contributed by atoms with E-state index in [1.165, 1.54) is 12.5 Å². The molecule has 2 heterocycles. The number of pyridine rings is 1. The summed E-state index contributed by atoms with van der Waals surface area (Å²) in [6.07, 6.45) is 5.97. The zero-order valence-electron chi connectivity index (χ0n) is 11.7. The van der Waals surface area contributed by atoms with Gasteiger partial charge in [-0.1, -0.05) is 0 Å². The van der Waals surface area contributed by atoms with Gasteiger partial charge in [0.1, 0.15) is 18.0 Å². The number of carbonyl (C=O) groups is 1. The van der Waals surface area contributed by atoms with Gasteiger partial charge < -0.3 is 5.32 Å². The molecule has 7 heteroatoms. The van der Waals surface area contributed by atoms with Crippen LogP contribution in [0.2, 0.25) is 0 Å². The number of carbonyl (C=O) groups excluding carboxylic acids is 1. The van der Waals surface area contributed by atoms with Crippen molar-refractivity contribution in [1.82, 2.24) is 15.0 Å². The first kappa shape index (κ1) is 14.7. The first-order valence-electron chi connectivity index (χ1n) is 6.61. The highest BCUT2D eigenvalue weighted by Crippen LogP contribution is 2.17. The number of aromatic nitrogens is 3. The molecule has 0 spiro atoms. The lowest BCUT2D eigenvalue weighted by Gasteiger charge is -2.07. The molecule has 2 aromatic heterocycles. The average molecular weight is 312 g/mol. The molecule has 0 aliphatic carbocycles. The predicted molar refractivity (Wildman–Crippen MR) is 79.6 cm³/mol. The van der Waals surface area contributed by atoms with E-state index in [1.807, 2.05) is 0 Å². The quantitative estimate of drug-likeness (QED) is 0.807. The second-order valence-corrected chi connectivity index (χ2v) is 4.64. The summed E-state index contributed by atoms with van der Waals surface area (Å²) in [5.74, 6) is -2.10. The molecule has 0 radical (unpaired) electrons. The molecule has 0 bridgehead atoms. The Kier molecular flexibility index (Phi) is 4.01. The maximum Gasteiger partial charge on any atom is 0.257 e. The van der Waals surface area contributed by atoms with Crippen molar-refractivity contribution in [3.05, 3.63) is 72.4 Å².